The molecule has 0 aliphatic carbocycles. The van der Waals surface area contributed by atoms with E-state index in [4.69, 9.17) is 9.47 Å². The number of amides is 3. The minimum atomic E-state index is -0.874. The Kier molecular flexibility index (Phi) is 6.22. The Labute approximate surface area is 193 Å². The summed E-state index contributed by atoms with van der Waals surface area (Å²) in [6, 6.07) is 17.4. The molecule has 34 heavy (non-hydrogen) atoms. The SMILES string of the molecule is CCOc1ccc(Oc2ccc(NC(=O)CN3C(=O)c4cccc([N+](=O)[O-])c4C3=O)cc2)cc1. The van der Waals surface area contributed by atoms with Gasteiger partial charge in [-0.15, -0.1) is 0 Å². The van der Waals surface area contributed by atoms with Crippen LogP contribution in [0.5, 0.6) is 17.2 Å². The lowest BCUT2D eigenvalue weighted by molar-refractivity contribution is -0.385. The van der Waals surface area contributed by atoms with Gasteiger partial charge in [-0.3, -0.25) is 29.4 Å². The number of fused-ring (bicyclic) bond motifs is 1. The summed E-state index contributed by atoms with van der Waals surface area (Å²) in [7, 11) is 0. The number of hydrogen-bond donors (Lipinski definition) is 1. The van der Waals surface area contributed by atoms with E-state index in [1.807, 2.05) is 6.92 Å². The predicted octanol–water partition coefficient (Wildman–Crippen LogP) is 4.02. The largest absolute Gasteiger partial charge is 0.494 e. The van der Waals surface area contributed by atoms with Crippen molar-refractivity contribution in [1.29, 1.82) is 0 Å². The van der Waals surface area contributed by atoms with E-state index >= 15 is 0 Å². The molecule has 4 rings (SSSR count). The third-order valence-corrected chi connectivity index (χ3v) is 4.98. The molecular formula is C24H19N3O7. The summed E-state index contributed by atoms with van der Waals surface area (Å²) in [5.74, 6) is -0.368. The van der Waals surface area contributed by atoms with Crippen LogP contribution in [-0.2, 0) is 4.79 Å². The number of nitro groups is 1. The van der Waals surface area contributed by atoms with Crippen molar-refractivity contribution in [2.45, 2.75) is 6.92 Å². The van der Waals surface area contributed by atoms with E-state index in [9.17, 15) is 24.5 Å². The number of imide groups is 1. The van der Waals surface area contributed by atoms with Crippen LogP contribution in [0.1, 0.15) is 27.6 Å². The summed E-state index contributed by atoms with van der Waals surface area (Å²) in [5, 5.41) is 13.8. The Bertz CT molecular complexity index is 1270. The number of nitro benzene ring substituents is 1. The molecule has 3 amide bonds. The lowest BCUT2D eigenvalue weighted by Gasteiger charge is -2.14. The summed E-state index contributed by atoms with van der Waals surface area (Å²) in [5.41, 5.74) is -0.447. The third-order valence-electron chi connectivity index (χ3n) is 4.98. The Balaban J connectivity index is 1.38. The van der Waals surface area contributed by atoms with Crippen molar-refractivity contribution < 1.29 is 28.8 Å². The molecule has 10 heteroatoms. The van der Waals surface area contributed by atoms with Crippen LogP contribution < -0.4 is 14.8 Å². The maximum Gasteiger partial charge on any atom is 0.282 e. The highest BCUT2D eigenvalue weighted by Gasteiger charge is 2.41. The van der Waals surface area contributed by atoms with Crippen molar-refractivity contribution in [1.82, 2.24) is 4.90 Å². The molecule has 1 aliphatic rings. The summed E-state index contributed by atoms with van der Waals surface area (Å²) in [6.07, 6.45) is 0. The highest BCUT2D eigenvalue weighted by Crippen LogP contribution is 2.31. The second-order valence-corrected chi connectivity index (χ2v) is 7.23. The number of carbonyl (C=O) groups excluding carboxylic acids is 3. The normalized spacial score (nSPS) is 12.3. The molecule has 1 N–H and O–H groups in total. The van der Waals surface area contributed by atoms with Crippen molar-refractivity contribution in [2.24, 2.45) is 0 Å². The molecule has 0 bridgehead atoms. The lowest BCUT2D eigenvalue weighted by Crippen LogP contribution is -2.37. The fourth-order valence-electron chi connectivity index (χ4n) is 3.47. The van der Waals surface area contributed by atoms with Gasteiger partial charge in [0, 0.05) is 11.8 Å². The van der Waals surface area contributed by atoms with Crippen molar-refractivity contribution in [2.75, 3.05) is 18.5 Å². The van der Waals surface area contributed by atoms with Crippen LogP contribution in [0.2, 0.25) is 0 Å². The third kappa shape index (κ3) is 4.56. The zero-order chi connectivity index (χ0) is 24.2. The van der Waals surface area contributed by atoms with Gasteiger partial charge in [0.2, 0.25) is 5.91 Å². The number of nitrogens with one attached hydrogen (secondary N) is 1. The number of anilines is 1. The monoisotopic (exact) mass is 461 g/mol. The van der Waals surface area contributed by atoms with Gasteiger partial charge in [0.25, 0.3) is 17.5 Å². The molecule has 0 aromatic heterocycles. The van der Waals surface area contributed by atoms with Gasteiger partial charge in [0.15, 0.2) is 0 Å². The first-order valence-electron chi connectivity index (χ1n) is 10.3. The van der Waals surface area contributed by atoms with Crippen LogP contribution in [0.15, 0.2) is 66.7 Å². The molecule has 1 heterocycles. The lowest BCUT2D eigenvalue weighted by atomic mass is 10.1. The molecule has 3 aromatic carbocycles. The van der Waals surface area contributed by atoms with Crippen molar-refractivity contribution in [3.05, 3.63) is 88.0 Å². The number of ether oxygens (including phenoxy) is 2. The van der Waals surface area contributed by atoms with Gasteiger partial charge in [-0.25, -0.2) is 0 Å². The van der Waals surface area contributed by atoms with Crippen LogP contribution >= 0.6 is 0 Å². The zero-order valence-electron chi connectivity index (χ0n) is 18.0. The van der Waals surface area contributed by atoms with Gasteiger partial charge < -0.3 is 14.8 Å². The van der Waals surface area contributed by atoms with Crippen LogP contribution in [0.4, 0.5) is 11.4 Å². The summed E-state index contributed by atoms with van der Waals surface area (Å²) in [6.45, 7) is 1.89. The maximum absolute atomic E-state index is 12.6. The first-order chi connectivity index (χ1) is 16.4. The molecule has 3 aromatic rings. The van der Waals surface area contributed by atoms with Gasteiger partial charge in [-0.2, -0.15) is 0 Å². The molecule has 0 saturated heterocycles. The van der Waals surface area contributed by atoms with Crippen LogP contribution in [-0.4, -0.2) is 40.7 Å². The molecule has 0 radical (unpaired) electrons. The highest BCUT2D eigenvalue weighted by atomic mass is 16.6. The van der Waals surface area contributed by atoms with Crippen molar-refractivity contribution in [3.63, 3.8) is 0 Å². The fraction of sp³-hybridized carbons (Fsp3) is 0.125. The summed E-state index contributed by atoms with van der Waals surface area (Å²) >= 11 is 0. The minimum Gasteiger partial charge on any atom is -0.494 e. The van der Waals surface area contributed by atoms with E-state index in [1.165, 1.54) is 12.1 Å². The number of carbonyl (C=O) groups is 3. The number of rotatable bonds is 8. The van der Waals surface area contributed by atoms with Crippen LogP contribution in [0.3, 0.4) is 0 Å². The smallest absolute Gasteiger partial charge is 0.282 e. The second kappa shape index (κ2) is 9.41. The molecule has 0 fully saturated rings. The van der Waals surface area contributed by atoms with E-state index in [2.05, 4.69) is 5.32 Å². The van der Waals surface area contributed by atoms with Gasteiger partial charge in [-0.05, 0) is 61.5 Å². The molecule has 1 aliphatic heterocycles. The number of nitrogens with zero attached hydrogens (tertiary/aromatic N) is 2. The van der Waals surface area contributed by atoms with Gasteiger partial charge in [0.05, 0.1) is 17.1 Å². The standard InChI is InChI=1S/C24H19N3O7/c1-2-33-16-10-12-18(13-11-16)34-17-8-6-15(7-9-17)25-21(28)14-26-23(29)19-4-3-5-20(27(31)32)22(19)24(26)30/h3-13H,2,14H2,1H3,(H,25,28). The minimum absolute atomic E-state index is 0.0946. The predicted molar refractivity (Wildman–Crippen MR) is 121 cm³/mol. The van der Waals surface area contributed by atoms with E-state index in [0.717, 1.165) is 11.8 Å². The topological polar surface area (TPSA) is 128 Å². The fourth-order valence-corrected chi connectivity index (χ4v) is 3.47. The molecule has 10 nitrogen and oxygen atoms in total. The maximum atomic E-state index is 12.6. The Morgan fingerprint density at radius 2 is 1.56 bits per heavy atom. The van der Waals surface area contributed by atoms with E-state index in [1.54, 1.807) is 48.5 Å². The van der Waals surface area contributed by atoms with Crippen LogP contribution in [0, 0.1) is 10.1 Å². The Hall–Kier alpha value is -4.73. The summed E-state index contributed by atoms with van der Waals surface area (Å²) < 4.78 is 11.1. The molecular weight excluding hydrogens is 442 g/mol. The molecule has 0 saturated carbocycles. The van der Waals surface area contributed by atoms with Gasteiger partial charge >= 0.3 is 0 Å². The van der Waals surface area contributed by atoms with E-state index in [-0.39, 0.29) is 11.1 Å². The first kappa shape index (κ1) is 22.5. The Morgan fingerprint density at radius 3 is 2.18 bits per heavy atom. The Morgan fingerprint density at radius 1 is 0.941 bits per heavy atom. The molecule has 0 atom stereocenters. The zero-order valence-corrected chi connectivity index (χ0v) is 18.0. The number of benzene rings is 3. The average Bonchev–Trinajstić information content (AvgIpc) is 3.06. The van der Waals surface area contributed by atoms with E-state index in [0.29, 0.717) is 28.7 Å². The molecule has 172 valence electrons. The number of hydrogen-bond acceptors (Lipinski definition) is 7. The molecule has 0 spiro atoms. The van der Waals surface area contributed by atoms with Crippen molar-refractivity contribution in [3.8, 4) is 17.2 Å². The molecule has 0 unspecified atom stereocenters. The van der Waals surface area contributed by atoms with Crippen molar-refractivity contribution >= 4 is 29.1 Å². The summed E-state index contributed by atoms with van der Waals surface area (Å²) in [4.78, 5) is 48.7. The van der Waals surface area contributed by atoms with Gasteiger partial charge in [-0.1, -0.05) is 6.07 Å². The van der Waals surface area contributed by atoms with Crippen LogP contribution in [0.25, 0.3) is 0 Å². The van der Waals surface area contributed by atoms with Gasteiger partial charge in [0.1, 0.15) is 29.4 Å². The highest BCUT2D eigenvalue weighted by molar-refractivity contribution is 6.24. The second-order valence-electron chi connectivity index (χ2n) is 7.23. The first-order valence-corrected chi connectivity index (χ1v) is 10.3. The van der Waals surface area contributed by atoms with E-state index < -0.39 is 34.9 Å². The average molecular weight is 461 g/mol. The quantitative estimate of drug-likeness (QED) is 0.305.